The number of nitrogens with zero attached hydrogens (tertiary/aromatic N) is 1. The van der Waals surface area contributed by atoms with E-state index in [1.165, 1.54) is 12.1 Å². The summed E-state index contributed by atoms with van der Waals surface area (Å²) in [4.78, 5) is 2.06. The zero-order valence-corrected chi connectivity index (χ0v) is 10.5. The number of aryl methyl sites for hydroxylation is 1. The Hall–Kier alpha value is -1.16. The van der Waals surface area contributed by atoms with Gasteiger partial charge in [-0.1, -0.05) is 0 Å². The molecule has 2 saturated heterocycles. The molecule has 4 heteroatoms. The van der Waals surface area contributed by atoms with Gasteiger partial charge in [-0.15, -0.1) is 0 Å². The van der Waals surface area contributed by atoms with E-state index < -0.39 is 0 Å². The highest BCUT2D eigenvalue weighted by Crippen LogP contribution is 2.40. The quantitative estimate of drug-likeness (QED) is 0.832. The van der Waals surface area contributed by atoms with Crippen molar-refractivity contribution in [3.05, 3.63) is 29.3 Å². The molecule has 0 amide bonds. The molecule has 2 fully saturated rings. The third kappa shape index (κ3) is 1.79. The summed E-state index contributed by atoms with van der Waals surface area (Å²) in [5.41, 5.74) is 6.77. The van der Waals surface area contributed by atoms with E-state index in [9.17, 15) is 8.78 Å². The number of anilines is 1. The topological polar surface area (TPSA) is 29.3 Å². The molecule has 0 radical (unpaired) electrons. The lowest BCUT2D eigenvalue weighted by molar-refractivity contribution is 0.409. The standard InChI is InChI=1S/C14H18F2N2/c1-8-4-13(16)14(7-12(8)15)18-10-2-3-11(18)6-9(17)5-10/h4,7,9-11H,2-3,5-6,17H2,1H3. The summed E-state index contributed by atoms with van der Waals surface area (Å²) in [6, 6.07) is 3.38. The van der Waals surface area contributed by atoms with Gasteiger partial charge in [0.2, 0.25) is 0 Å². The minimum absolute atomic E-state index is 0.206. The van der Waals surface area contributed by atoms with Crippen molar-refractivity contribution >= 4 is 5.69 Å². The van der Waals surface area contributed by atoms with Crippen molar-refractivity contribution in [1.29, 1.82) is 0 Å². The van der Waals surface area contributed by atoms with E-state index in [2.05, 4.69) is 4.90 Å². The Morgan fingerprint density at radius 2 is 1.72 bits per heavy atom. The summed E-state index contributed by atoms with van der Waals surface area (Å²) in [6.07, 6.45) is 3.83. The fraction of sp³-hybridized carbons (Fsp3) is 0.571. The summed E-state index contributed by atoms with van der Waals surface area (Å²) in [5, 5.41) is 0. The van der Waals surface area contributed by atoms with E-state index in [0.29, 0.717) is 11.3 Å². The number of hydrogen-bond acceptors (Lipinski definition) is 2. The maximum Gasteiger partial charge on any atom is 0.146 e. The van der Waals surface area contributed by atoms with Crippen LogP contribution in [0.1, 0.15) is 31.2 Å². The van der Waals surface area contributed by atoms with Crippen LogP contribution in [-0.4, -0.2) is 18.1 Å². The third-order valence-corrected chi connectivity index (χ3v) is 4.28. The van der Waals surface area contributed by atoms with E-state index in [1.807, 2.05) is 0 Å². The molecule has 0 aliphatic carbocycles. The molecule has 2 aliphatic heterocycles. The van der Waals surface area contributed by atoms with Crippen LogP contribution in [0.3, 0.4) is 0 Å². The summed E-state index contributed by atoms with van der Waals surface area (Å²) in [5.74, 6) is -0.651. The van der Waals surface area contributed by atoms with Gasteiger partial charge in [-0.25, -0.2) is 8.78 Å². The monoisotopic (exact) mass is 252 g/mol. The number of rotatable bonds is 1. The second-order valence-electron chi connectivity index (χ2n) is 5.58. The van der Waals surface area contributed by atoms with E-state index in [-0.39, 0.29) is 29.8 Å². The van der Waals surface area contributed by atoms with Gasteiger partial charge in [-0.05, 0) is 44.2 Å². The van der Waals surface area contributed by atoms with Crippen LogP contribution >= 0.6 is 0 Å². The van der Waals surface area contributed by atoms with Crippen molar-refractivity contribution in [2.24, 2.45) is 5.73 Å². The number of piperidine rings is 1. The first kappa shape index (κ1) is 11.9. The molecule has 2 aliphatic rings. The molecule has 2 bridgehead atoms. The van der Waals surface area contributed by atoms with Crippen molar-refractivity contribution in [3.8, 4) is 0 Å². The van der Waals surface area contributed by atoms with Gasteiger partial charge in [-0.3, -0.25) is 0 Å². The molecule has 2 nitrogen and oxygen atoms in total. The molecule has 2 heterocycles. The van der Waals surface area contributed by atoms with Crippen molar-refractivity contribution in [1.82, 2.24) is 0 Å². The van der Waals surface area contributed by atoms with Crippen LogP contribution in [0.5, 0.6) is 0 Å². The molecule has 98 valence electrons. The highest BCUT2D eigenvalue weighted by atomic mass is 19.1. The Morgan fingerprint density at radius 1 is 1.11 bits per heavy atom. The van der Waals surface area contributed by atoms with Gasteiger partial charge in [0, 0.05) is 24.2 Å². The van der Waals surface area contributed by atoms with E-state index >= 15 is 0 Å². The molecule has 3 rings (SSSR count). The molecule has 1 aromatic carbocycles. The molecule has 2 unspecified atom stereocenters. The van der Waals surface area contributed by atoms with Gasteiger partial charge < -0.3 is 10.6 Å². The van der Waals surface area contributed by atoms with E-state index in [1.54, 1.807) is 6.92 Å². The van der Waals surface area contributed by atoms with Crippen molar-refractivity contribution in [3.63, 3.8) is 0 Å². The highest BCUT2D eigenvalue weighted by Gasteiger charge is 2.40. The Kier molecular flexibility index (Phi) is 2.77. The first-order chi connectivity index (χ1) is 8.56. The average molecular weight is 252 g/mol. The van der Waals surface area contributed by atoms with Gasteiger partial charge in [0.15, 0.2) is 0 Å². The molecule has 0 spiro atoms. The number of halogens is 2. The summed E-state index contributed by atoms with van der Waals surface area (Å²) < 4.78 is 27.7. The summed E-state index contributed by atoms with van der Waals surface area (Å²) in [7, 11) is 0. The second-order valence-corrected chi connectivity index (χ2v) is 5.58. The lowest BCUT2D eigenvalue weighted by atomic mass is 9.97. The molecule has 2 atom stereocenters. The van der Waals surface area contributed by atoms with Gasteiger partial charge in [0.1, 0.15) is 11.6 Å². The number of fused-ring (bicyclic) bond motifs is 2. The Labute approximate surface area is 106 Å². The second kappa shape index (κ2) is 4.19. The predicted octanol–water partition coefficient (Wildman–Crippen LogP) is 2.73. The third-order valence-electron chi connectivity index (χ3n) is 4.28. The lowest BCUT2D eigenvalue weighted by Gasteiger charge is -2.39. The molecule has 0 aromatic heterocycles. The zero-order valence-electron chi connectivity index (χ0n) is 10.5. The molecular formula is C14H18F2N2. The van der Waals surface area contributed by atoms with E-state index in [4.69, 9.17) is 5.73 Å². The largest absolute Gasteiger partial charge is 0.363 e. The number of hydrogen-bond donors (Lipinski definition) is 1. The normalized spacial score (nSPS) is 30.9. The van der Waals surface area contributed by atoms with Crippen LogP contribution < -0.4 is 10.6 Å². The average Bonchev–Trinajstić information content (AvgIpc) is 2.56. The Bertz CT molecular complexity index is 461. The minimum Gasteiger partial charge on any atom is -0.363 e. The minimum atomic E-state index is -0.333. The molecule has 18 heavy (non-hydrogen) atoms. The number of benzene rings is 1. The van der Waals surface area contributed by atoms with Crippen LogP contribution in [0.25, 0.3) is 0 Å². The van der Waals surface area contributed by atoms with E-state index in [0.717, 1.165) is 25.7 Å². The van der Waals surface area contributed by atoms with Crippen LogP contribution in [0.15, 0.2) is 12.1 Å². The summed E-state index contributed by atoms with van der Waals surface area (Å²) >= 11 is 0. The summed E-state index contributed by atoms with van der Waals surface area (Å²) in [6.45, 7) is 1.59. The van der Waals surface area contributed by atoms with Crippen LogP contribution in [0.4, 0.5) is 14.5 Å². The lowest BCUT2D eigenvalue weighted by Crippen LogP contribution is -2.47. The first-order valence-electron chi connectivity index (χ1n) is 6.56. The Morgan fingerprint density at radius 3 is 2.33 bits per heavy atom. The predicted molar refractivity (Wildman–Crippen MR) is 67.6 cm³/mol. The highest BCUT2D eigenvalue weighted by molar-refractivity contribution is 5.53. The van der Waals surface area contributed by atoms with Crippen molar-refractivity contribution < 1.29 is 8.78 Å². The first-order valence-corrected chi connectivity index (χ1v) is 6.56. The smallest absolute Gasteiger partial charge is 0.146 e. The maximum absolute atomic E-state index is 14.0. The van der Waals surface area contributed by atoms with Crippen LogP contribution in [0.2, 0.25) is 0 Å². The molecular weight excluding hydrogens is 234 g/mol. The number of nitrogens with two attached hydrogens (primary N) is 1. The van der Waals surface area contributed by atoms with Gasteiger partial charge in [0.05, 0.1) is 5.69 Å². The van der Waals surface area contributed by atoms with Crippen LogP contribution in [-0.2, 0) is 0 Å². The fourth-order valence-electron chi connectivity index (χ4n) is 3.45. The van der Waals surface area contributed by atoms with Gasteiger partial charge in [-0.2, -0.15) is 0 Å². The fourth-order valence-corrected chi connectivity index (χ4v) is 3.45. The van der Waals surface area contributed by atoms with Crippen molar-refractivity contribution in [2.45, 2.75) is 50.7 Å². The maximum atomic E-state index is 14.0. The van der Waals surface area contributed by atoms with Gasteiger partial charge in [0.25, 0.3) is 0 Å². The van der Waals surface area contributed by atoms with Gasteiger partial charge >= 0.3 is 0 Å². The zero-order chi connectivity index (χ0) is 12.9. The molecule has 1 aromatic rings. The van der Waals surface area contributed by atoms with Crippen LogP contribution in [0, 0.1) is 18.6 Å². The Balaban J connectivity index is 1.98. The molecule has 0 saturated carbocycles. The molecule has 2 N–H and O–H groups in total. The SMILES string of the molecule is Cc1cc(F)c(N2C3CCC2CC(N)C3)cc1F. The van der Waals surface area contributed by atoms with Crippen molar-refractivity contribution in [2.75, 3.05) is 4.90 Å².